The Morgan fingerprint density at radius 2 is 1.81 bits per heavy atom. The van der Waals surface area contributed by atoms with E-state index in [2.05, 4.69) is 0 Å². The van der Waals surface area contributed by atoms with Crippen LogP contribution in [0, 0.1) is 18.6 Å². The zero-order valence-electron chi connectivity index (χ0n) is 16.6. The number of ether oxygens (including phenoxy) is 2. The highest BCUT2D eigenvalue weighted by Gasteiger charge is 2.49. The zero-order valence-corrected chi connectivity index (χ0v) is 16.6. The molecular weight excluding hydrogens is 424 g/mol. The standard InChI is InChI=1S/C23H15F2NO6/c1-11-2-6-17(32-11)20-19(21(27)12-3-7-16-18(8-12)31-10-30-16)22(28)23(29)26(20)15-9-13(24)4-5-14(15)25/h2-9,20,27H,10H2,1H3/b21-19-. The lowest BCUT2D eigenvalue weighted by atomic mass is 9.99. The summed E-state index contributed by atoms with van der Waals surface area (Å²) in [6.45, 7) is 1.66. The van der Waals surface area contributed by atoms with Gasteiger partial charge in [0.15, 0.2) is 11.5 Å². The molecule has 0 spiro atoms. The van der Waals surface area contributed by atoms with Gasteiger partial charge in [-0.05, 0) is 49.4 Å². The molecule has 162 valence electrons. The van der Waals surface area contributed by atoms with Crippen LogP contribution in [0.4, 0.5) is 14.5 Å². The number of carbonyl (C=O) groups is 2. The average Bonchev–Trinajstić information content (AvgIpc) is 3.48. The number of halogens is 2. The van der Waals surface area contributed by atoms with Crippen LogP contribution >= 0.6 is 0 Å². The van der Waals surface area contributed by atoms with Crippen molar-refractivity contribution in [3.63, 3.8) is 0 Å². The van der Waals surface area contributed by atoms with Crippen LogP contribution in [0.1, 0.15) is 23.1 Å². The summed E-state index contributed by atoms with van der Waals surface area (Å²) in [5.74, 6) is -3.04. The molecule has 32 heavy (non-hydrogen) atoms. The van der Waals surface area contributed by atoms with Crippen molar-refractivity contribution in [2.75, 3.05) is 11.7 Å². The molecular formula is C23H15F2NO6. The van der Waals surface area contributed by atoms with Gasteiger partial charge in [0.25, 0.3) is 11.7 Å². The normalized spacial score (nSPS) is 19.1. The quantitative estimate of drug-likeness (QED) is 0.373. The molecule has 2 aromatic carbocycles. The number of benzene rings is 2. The predicted molar refractivity (Wildman–Crippen MR) is 107 cm³/mol. The summed E-state index contributed by atoms with van der Waals surface area (Å²) in [5, 5.41) is 11.0. The molecule has 5 rings (SSSR count). The van der Waals surface area contributed by atoms with Gasteiger partial charge in [-0.1, -0.05) is 0 Å². The van der Waals surface area contributed by atoms with Gasteiger partial charge in [0.2, 0.25) is 6.79 Å². The molecule has 3 heterocycles. The fourth-order valence-electron chi connectivity index (χ4n) is 3.82. The number of hydrogen-bond donors (Lipinski definition) is 1. The third-order valence-electron chi connectivity index (χ3n) is 5.29. The lowest BCUT2D eigenvalue weighted by Gasteiger charge is -2.23. The Balaban J connectivity index is 1.72. The van der Waals surface area contributed by atoms with Gasteiger partial charge < -0.3 is 19.0 Å². The van der Waals surface area contributed by atoms with Crippen molar-refractivity contribution >= 4 is 23.1 Å². The first kappa shape index (κ1) is 19.8. The van der Waals surface area contributed by atoms with Crippen LogP contribution in [0.5, 0.6) is 11.5 Å². The van der Waals surface area contributed by atoms with Gasteiger partial charge in [-0.3, -0.25) is 14.5 Å². The molecule has 1 fully saturated rings. The number of hydrogen-bond acceptors (Lipinski definition) is 6. The number of amides is 1. The zero-order chi connectivity index (χ0) is 22.6. The monoisotopic (exact) mass is 439 g/mol. The Labute approximate surface area is 180 Å². The van der Waals surface area contributed by atoms with Crippen molar-refractivity contribution < 1.29 is 37.4 Å². The number of anilines is 1. The number of rotatable bonds is 3. The molecule has 1 aromatic heterocycles. The van der Waals surface area contributed by atoms with E-state index in [0.717, 1.165) is 23.1 Å². The molecule has 1 amide bonds. The van der Waals surface area contributed by atoms with E-state index in [4.69, 9.17) is 13.9 Å². The maximum absolute atomic E-state index is 14.6. The van der Waals surface area contributed by atoms with E-state index in [9.17, 15) is 23.5 Å². The molecule has 2 aliphatic heterocycles. The summed E-state index contributed by atoms with van der Waals surface area (Å²) < 4.78 is 44.7. The van der Waals surface area contributed by atoms with E-state index in [0.29, 0.717) is 17.3 Å². The van der Waals surface area contributed by atoms with Gasteiger partial charge in [-0.2, -0.15) is 0 Å². The Kier molecular flexibility index (Phi) is 4.47. The number of aryl methyl sites for hydroxylation is 1. The summed E-state index contributed by atoms with van der Waals surface area (Å²) >= 11 is 0. The van der Waals surface area contributed by atoms with Gasteiger partial charge in [-0.15, -0.1) is 0 Å². The number of Topliss-reactive ketones (excluding diaryl/α,β-unsaturated/α-hetero) is 1. The Morgan fingerprint density at radius 3 is 2.56 bits per heavy atom. The molecule has 0 saturated carbocycles. The van der Waals surface area contributed by atoms with Crippen molar-refractivity contribution in [1.82, 2.24) is 0 Å². The number of aliphatic hydroxyl groups is 1. The van der Waals surface area contributed by atoms with Crippen LogP contribution < -0.4 is 14.4 Å². The fourth-order valence-corrected chi connectivity index (χ4v) is 3.82. The molecule has 1 unspecified atom stereocenters. The minimum absolute atomic E-state index is 0.00839. The molecule has 3 aromatic rings. The summed E-state index contributed by atoms with van der Waals surface area (Å²) in [4.78, 5) is 26.7. The highest BCUT2D eigenvalue weighted by Crippen LogP contribution is 2.44. The Bertz CT molecular complexity index is 1310. The highest BCUT2D eigenvalue weighted by molar-refractivity contribution is 6.51. The first-order valence-electron chi connectivity index (χ1n) is 9.57. The van der Waals surface area contributed by atoms with Gasteiger partial charge in [0.1, 0.15) is 35.0 Å². The maximum atomic E-state index is 14.6. The van der Waals surface area contributed by atoms with Crippen LogP contribution in [0.3, 0.4) is 0 Å². The minimum Gasteiger partial charge on any atom is -0.507 e. The van der Waals surface area contributed by atoms with Crippen molar-refractivity contribution in [3.05, 3.63) is 82.8 Å². The maximum Gasteiger partial charge on any atom is 0.300 e. The molecule has 1 N–H and O–H groups in total. The molecule has 0 radical (unpaired) electrons. The van der Waals surface area contributed by atoms with E-state index in [-0.39, 0.29) is 23.7 Å². The van der Waals surface area contributed by atoms with Crippen LogP contribution in [0.15, 0.2) is 58.5 Å². The van der Waals surface area contributed by atoms with Gasteiger partial charge >= 0.3 is 0 Å². The van der Waals surface area contributed by atoms with Gasteiger partial charge in [-0.25, -0.2) is 8.78 Å². The van der Waals surface area contributed by atoms with E-state index in [1.165, 1.54) is 18.2 Å². The topological polar surface area (TPSA) is 89.2 Å². The number of nitrogens with zero attached hydrogens (tertiary/aromatic N) is 1. The van der Waals surface area contributed by atoms with E-state index in [1.807, 2.05) is 0 Å². The SMILES string of the molecule is Cc1ccc(C2/C(=C(/O)c3ccc4c(c3)OCO4)C(=O)C(=O)N2c2cc(F)ccc2F)o1. The first-order chi connectivity index (χ1) is 15.3. The molecule has 0 aliphatic carbocycles. The number of aliphatic hydroxyl groups excluding tert-OH is 1. The second kappa shape index (κ2) is 7.23. The summed E-state index contributed by atoms with van der Waals surface area (Å²) in [6, 6.07) is 8.84. The van der Waals surface area contributed by atoms with E-state index in [1.54, 1.807) is 19.1 Å². The van der Waals surface area contributed by atoms with Crippen molar-refractivity contribution in [2.45, 2.75) is 13.0 Å². The molecule has 1 saturated heterocycles. The lowest BCUT2D eigenvalue weighted by Crippen LogP contribution is -2.30. The van der Waals surface area contributed by atoms with Gasteiger partial charge in [0, 0.05) is 11.6 Å². The second-order valence-electron chi connectivity index (χ2n) is 7.28. The first-order valence-corrected chi connectivity index (χ1v) is 9.57. The number of fused-ring (bicyclic) bond motifs is 1. The third kappa shape index (κ3) is 3.01. The second-order valence-corrected chi connectivity index (χ2v) is 7.28. The third-order valence-corrected chi connectivity index (χ3v) is 5.29. The Hall–Kier alpha value is -4.14. The fraction of sp³-hybridized carbons (Fsp3) is 0.130. The largest absolute Gasteiger partial charge is 0.507 e. The highest BCUT2D eigenvalue weighted by atomic mass is 19.1. The summed E-state index contributed by atoms with van der Waals surface area (Å²) in [6.07, 6.45) is 0. The predicted octanol–water partition coefficient (Wildman–Crippen LogP) is 4.22. The number of carbonyl (C=O) groups excluding carboxylic acids is 2. The lowest BCUT2D eigenvalue weighted by molar-refractivity contribution is -0.132. The van der Waals surface area contributed by atoms with Crippen molar-refractivity contribution in [3.8, 4) is 11.5 Å². The van der Waals surface area contributed by atoms with Gasteiger partial charge in [0.05, 0.1) is 11.3 Å². The van der Waals surface area contributed by atoms with Crippen LogP contribution in [-0.2, 0) is 9.59 Å². The summed E-state index contributed by atoms with van der Waals surface area (Å²) in [5.41, 5.74) is -0.594. The number of ketones is 1. The molecule has 0 bridgehead atoms. The average molecular weight is 439 g/mol. The molecule has 2 aliphatic rings. The van der Waals surface area contributed by atoms with E-state index < -0.39 is 40.8 Å². The van der Waals surface area contributed by atoms with Crippen molar-refractivity contribution in [2.24, 2.45) is 0 Å². The minimum atomic E-state index is -1.31. The number of furan rings is 1. The van der Waals surface area contributed by atoms with Crippen LogP contribution in [0.25, 0.3) is 5.76 Å². The van der Waals surface area contributed by atoms with E-state index >= 15 is 0 Å². The summed E-state index contributed by atoms with van der Waals surface area (Å²) in [7, 11) is 0. The van der Waals surface area contributed by atoms with Crippen molar-refractivity contribution in [1.29, 1.82) is 0 Å². The Morgan fingerprint density at radius 1 is 1.03 bits per heavy atom. The smallest absolute Gasteiger partial charge is 0.300 e. The molecule has 1 atom stereocenters. The molecule has 9 heteroatoms. The van der Waals surface area contributed by atoms with Crippen LogP contribution in [0.2, 0.25) is 0 Å². The van der Waals surface area contributed by atoms with Crippen LogP contribution in [-0.4, -0.2) is 23.6 Å². The molecule has 7 nitrogen and oxygen atoms in total.